The number of halogens is 2. The molecule has 0 fully saturated rings. The van der Waals surface area contributed by atoms with E-state index in [9.17, 15) is 0 Å². The Morgan fingerprint density at radius 3 is 2.53 bits per heavy atom. The van der Waals surface area contributed by atoms with Crippen molar-refractivity contribution >= 4 is 27.5 Å². The van der Waals surface area contributed by atoms with Crippen molar-refractivity contribution in [1.82, 2.24) is 0 Å². The topological polar surface area (TPSA) is 9.23 Å². The predicted octanol–water partition coefficient (Wildman–Crippen LogP) is 4.89. The van der Waals surface area contributed by atoms with Crippen molar-refractivity contribution in [1.29, 1.82) is 0 Å². The lowest BCUT2D eigenvalue weighted by molar-refractivity contribution is 0.479. The van der Waals surface area contributed by atoms with Gasteiger partial charge in [-0.2, -0.15) is 0 Å². The lowest BCUT2D eigenvalue weighted by atomic mass is 10.3. The smallest absolute Gasteiger partial charge is 0.141 e. The molecule has 0 unspecified atom stereocenters. The highest BCUT2D eigenvalue weighted by Gasteiger charge is 2.01. The summed E-state index contributed by atoms with van der Waals surface area (Å²) in [6, 6.07) is 15.0. The van der Waals surface area contributed by atoms with Crippen LogP contribution in [-0.2, 0) is 0 Å². The van der Waals surface area contributed by atoms with Crippen molar-refractivity contribution in [3.63, 3.8) is 0 Å². The molecule has 3 heteroatoms. The maximum Gasteiger partial charge on any atom is 0.141 e. The van der Waals surface area contributed by atoms with Crippen molar-refractivity contribution in [2.75, 3.05) is 0 Å². The van der Waals surface area contributed by atoms with E-state index in [2.05, 4.69) is 15.9 Å². The van der Waals surface area contributed by atoms with Crippen molar-refractivity contribution in [3.05, 3.63) is 58.0 Å². The third kappa shape index (κ3) is 2.74. The van der Waals surface area contributed by atoms with Crippen molar-refractivity contribution in [3.8, 4) is 11.5 Å². The Balaban J connectivity index is 2.26. The molecule has 2 aromatic carbocycles. The second kappa shape index (κ2) is 4.69. The van der Waals surface area contributed by atoms with Crippen LogP contribution in [0.4, 0.5) is 0 Å². The van der Waals surface area contributed by atoms with Gasteiger partial charge in [-0.05, 0) is 46.3 Å². The molecule has 15 heavy (non-hydrogen) atoms. The van der Waals surface area contributed by atoms with E-state index in [-0.39, 0.29) is 0 Å². The summed E-state index contributed by atoms with van der Waals surface area (Å²) in [5.41, 5.74) is 0. The third-order valence-corrected chi connectivity index (χ3v) is 2.75. The van der Waals surface area contributed by atoms with Gasteiger partial charge in [-0.25, -0.2) is 0 Å². The SMILES string of the molecule is Clc1cccc(Oc2ccccc2Br)c1. The van der Waals surface area contributed by atoms with Gasteiger partial charge in [-0.1, -0.05) is 29.8 Å². The summed E-state index contributed by atoms with van der Waals surface area (Å²) in [5.74, 6) is 1.51. The normalized spacial score (nSPS) is 10.0. The van der Waals surface area contributed by atoms with E-state index in [4.69, 9.17) is 16.3 Å². The zero-order valence-corrected chi connectivity index (χ0v) is 10.1. The van der Waals surface area contributed by atoms with Crippen LogP contribution < -0.4 is 4.74 Å². The highest BCUT2D eigenvalue weighted by atomic mass is 79.9. The molecule has 0 spiro atoms. The van der Waals surface area contributed by atoms with E-state index in [0.717, 1.165) is 16.0 Å². The standard InChI is InChI=1S/C12H8BrClO/c13-11-6-1-2-7-12(11)15-10-5-3-4-9(14)8-10/h1-8H. The quantitative estimate of drug-likeness (QED) is 0.762. The maximum atomic E-state index is 5.86. The molecule has 1 nitrogen and oxygen atoms in total. The van der Waals surface area contributed by atoms with Gasteiger partial charge >= 0.3 is 0 Å². The molecule has 0 bridgehead atoms. The van der Waals surface area contributed by atoms with Crippen LogP contribution >= 0.6 is 27.5 Å². The van der Waals surface area contributed by atoms with Gasteiger partial charge in [-0.3, -0.25) is 0 Å². The molecule has 0 heterocycles. The van der Waals surface area contributed by atoms with Gasteiger partial charge in [0.2, 0.25) is 0 Å². The number of rotatable bonds is 2. The predicted molar refractivity (Wildman–Crippen MR) is 65.7 cm³/mol. The molecule has 0 saturated carbocycles. The minimum Gasteiger partial charge on any atom is -0.456 e. The molecule has 0 aliphatic heterocycles. The van der Waals surface area contributed by atoms with E-state index in [0.29, 0.717) is 5.02 Å². The van der Waals surface area contributed by atoms with Crippen LogP contribution in [0.2, 0.25) is 5.02 Å². The molecule has 0 aliphatic carbocycles. The number of benzene rings is 2. The van der Waals surface area contributed by atoms with E-state index < -0.39 is 0 Å². The fourth-order valence-electron chi connectivity index (χ4n) is 1.18. The van der Waals surface area contributed by atoms with Crippen molar-refractivity contribution in [2.24, 2.45) is 0 Å². The Bertz CT molecular complexity index is 471. The second-order valence-electron chi connectivity index (χ2n) is 2.99. The number of hydrogen-bond donors (Lipinski definition) is 0. The van der Waals surface area contributed by atoms with E-state index in [1.807, 2.05) is 42.5 Å². The Labute approximate surface area is 102 Å². The summed E-state index contributed by atoms with van der Waals surface area (Å²) in [6.07, 6.45) is 0. The highest BCUT2D eigenvalue weighted by molar-refractivity contribution is 9.10. The molecule has 0 saturated heterocycles. The molecule has 0 aromatic heterocycles. The van der Waals surface area contributed by atoms with Crippen LogP contribution in [0.25, 0.3) is 0 Å². The van der Waals surface area contributed by atoms with Crippen LogP contribution in [0, 0.1) is 0 Å². The van der Waals surface area contributed by atoms with Crippen LogP contribution in [0.15, 0.2) is 53.0 Å². The van der Waals surface area contributed by atoms with E-state index in [1.165, 1.54) is 0 Å². The summed E-state index contributed by atoms with van der Waals surface area (Å²) >= 11 is 9.27. The molecule has 76 valence electrons. The lowest BCUT2D eigenvalue weighted by Gasteiger charge is -2.07. The Hall–Kier alpha value is -0.990. The molecule has 2 rings (SSSR count). The first kappa shape index (κ1) is 10.5. The first-order valence-corrected chi connectivity index (χ1v) is 5.61. The van der Waals surface area contributed by atoms with E-state index in [1.54, 1.807) is 6.07 Å². The molecule has 0 N–H and O–H groups in total. The summed E-state index contributed by atoms with van der Waals surface area (Å²) in [4.78, 5) is 0. The minimum atomic E-state index is 0.666. The molecular weight excluding hydrogens is 275 g/mol. The van der Waals surface area contributed by atoms with Gasteiger partial charge < -0.3 is 4.74 Å². The molecular formula is C12H8BrClO. The summed E-state index contributed by atoms with van der Waals surface area (Å²) in [6.45, 7) is 0. The van der Waals surface area contributed by atoms with Gasteiger partial charge in [0.05, 0.1) is 4.47 Å². The van der Waals surface area contributed by atoms with Crippen molar-refractivity contribution < 1.29 is 4.74 Å². The zero-order chi connectivity index (χ0) is 10.7. The Morgan fingerprint density at radius 2 is 1.80 bits per heavy atom. The Kier molecular flexibility index (Phi) is 3.29. The number of para-hydroxylation sites is 1. The van der Waals surface area contributed by atoms with Gasteiger partial charge in [0.25, 0.3) is 0 Å². The largest absolute Gasteiger partial charge is 0.456 e. The average Bonchev–Trinajstić information content (AvgIpc) is 2.22. The van der Waals surface area contributed by atoms with Crippen LogP contribution in [0.1, 0.15) is 0 Å². The highest BCUT2D eigenvalue weighted by Crippen LogP contribution is 2.30. The van der Waals surface area contributed by atoms with Crippen LogP contribution in [0.5, 0.6) is 11.5 Å². The zero-order valence-electron chi connectivity index (χ0n) is 7.78. The number of ether oxygens (including phenoxy) is 1. The minimum absolute atomic E-state index is 0.666. The molecule has 0 radical (unpaired) electrons. The van der Waals surface area contributed by atoms with E-state index >= 15 is 0 Å². The molecule has 0 atom stereocenters. The average molecular weight is 284 g/mol. The molecule has 0 aliphatic rings. The van der Waals surface area contributed by atoms with Crippen molar-refractivity contribution in [2.45, 2.75) is 0 Å². The monoisotopic (exact) mass is 282 g/mol. The summed E-state index contributed by atoms with van der Waals surface area (Å²) < 4.78 is 6.58. The number of hydrogen-bond acceptors (Lipinski definition) is 1. The fourth-order valence-corrected chi connectivity index (χ4v) is 1.73. The Morgan fingerprint density at radius 1 is 1.00 bits per heavy atom. The van der Waals surface area contributed by atoms with Crippen LogP contribution in [0.3, 0.4) is 0 Å². The first-order valence-electron chi connectivity index (χ1n) is 4.43. The molecule has 0 amide bonds. The van der Waals surface area contributed by atoms with Gasteiger partial charge in [0, 0.05) is 5.02 Å². The fraction of sp³-hybridized carbons (Fsp3) is 0. The third-order valence-electron chi connectivity index (χ3n) is 1.86. The summed E-state index contributed by atoms with van der Waals surface area (Å²) in [5, 5.41) is 0.666. The van der Waals surface area contributed by atoms with Gasteiger partial charge in [-0.15, -0.1) is 0 Å². The van der Waals surface area contributed by atoms with Gasteiger partial charge in [0.1, 0.15) is 11.5 Å². The lowest BCUT2D eigenvalue weighted by Crippen LogP contribution is -1.84. The maximum absolute atomic E-state index is 5.86. The first-order chi connectivity index (χ1) is 7.25. The molecule has 2 aromatic rings. The second-order valence-corrected chi connectivity index (χ2v) is 4.28. The van der Waals surface area contributed by atoms with Crippen LogP contribution in [-0.4, -0.2) is 0 Å². The van der Waals surface area contributed by atoms with Gasteiger partial charge in [0.15, 0.2) is 0 Å². The summed E-state index contributed by atoms with van der Waals surface area (Å²) in [7, 11) is 0.